The number of carbonyl (C=O) groups is 2. The summed E-state index contributed by atoms with van der Waals surface area (Å²) in [5.41, 5.74) is 0.277. The SMILES string of the molecule is CCCCCCCCNC(=O)c1ccccc1C(=O)O.[NaH]. The fourth-order valence-corrected chi connectivity index (χ4v) is 2.07. The van der Waals surface area contributed by atoms with Crippen LogP contribution < -0.4 is 5.32 Å². The molecule has 112 valence electrons. The van der Waals surface area contributed by atoms with Gasteiger partial charge < -0.3 is 10.4 Å². The summed E-state index contributed by atoms with van der Waals surface area (Å²) >= 11 is 0. The molecule has 1 aromatic rings. The molecule has 0 unspecified atom stereocenters. The van der Waals surface area contributed by atoms with E-state index < -0.39 is 5.97 Å². The van der Waals surface area contributed by atoms with Crippen molar-refractivity contribution >= 4 is 41.4 Å². The van der Waals surface area contributed by atoms with Crippen molar-refractivity contribution in [3.05, 3.63) is 35.4 Å². The van der Waals surface area contributed by atoms with E-state index >= 15 is 0 Å². The Balaban J connectivity index is 0.00000400. The first-order valence-electron chi connectivity index (χ1n) is 7.27. The van der Waals surface area contributed by atoms with Crippen molar-refractivity contribution < 1.29 is 14.7 Å². The van der Waals surface area contributed by atoms with Crippen molar-refractivity contribution in [2.45, 2.75) is 45.4 Å². The quantitative estimate of drug-likeness (QED) is 0.544. The fourth-order valence-electron chi connectivity index (χ4n) is 2.07. The van der Waals surface area contributed by atoms with E-state index in [0.29, 0.717) is 6.54 Å². The van der Waals surface area contributed by atoms with Gasteiger partial charge in [0.05, 0.1) is 11.1 Å². The number of aromatic carboxylic acids is 1. The van der Waals surface area contributed by atoms with Gasteiger partial charge in [-0.15, -0.1) is 0 Å². The van der Waals surface area contributed by atoms with Gasteiger partial charge in [-0.05, 0) is 18.6 Å². The van der Waals surface area contributed by atoms with Crippen molar-refractivity contribution in [3.8, 4) is 0 Å². The average Bonchev–Trinajstić information content (AvgIpc) is 2.46. The van der Waals surface area contributed by atoms with Crippen LogP contribution in [0.25, 0.3) is 0 Å². The Morgan fingerprint density at radius 2 is 1.57 bits per heavy atom. The van der Waals surface area contributed by atoms with Gasteiger partial charge in [0.1, 0.15) is 0 Å². The topological polar surface area (TPSA) is 66.4 Å². The summed E-state index contributed by atoms with van der Waals surface area (Å²) < 4.78 is 0. The molecule has 0 fully saturated rings. The number of nitrogens with one attached hydrogen (secondary N) is 1. The maximum absolute atomic E-state index is 11.9. The molecule has 0 atom stereocenters. The number of rotatable bonds is 9. The summed E-state index contributed by atoms with van der Waals surface area (Å²) in [4.78, 5) is 23.0. The van der Waals surface area contributed by atoms with Gasteiger partial charge in [-0.3, -0.25) is 4.79 Å². The van der Waals surface area contributed by atoms with Gasteiger partial charge in [0.15, 0.2) is 0 Å². The Labute approximate surface area is 148 Å². The van der Waals surface area contributed by atoms with E-state index in [9.17, 15) is 9.59 Å². The zero-order valence-corrected chi connectivity index (χ0v) is 12.0. The predicted molar refractivity (Wildman–Crippen MR) is 86.3 cm³/mol. The van der Waals surface area contributed by atoms with Gasteiger partial charge in [0, 0.05) is 6.54 Å². The number of benzene rings is 1. The van der Waals surface area contributed by atoms with Crippen molar-refractivity contribution in [2.24, 2.45) is 0 Å². The number of unbranched alkanes of at least 4 members (excludes halogenated alkanes) is 5. The molecule has 21 heavy (non-hydrogen) atoms. The monoisotopic (exact) mass is 301 g/mol. The second kappa shape index (κ2) is 11.8. The summed E-state index contributed by atoms with van der Waals surface area (Å²) in [5.74, 6) is -1.38. The summed E-state index contributed by atoms with van der Waals surface area (Å²) in [6.07, 6.45) is 6.95. The van der Waals surface area contributed by atoms with Gasteiger partial charge in [0.2, 0.25) is 0 Å². The molecule has 1 amide bonds. The van der Waals surface area contributed by atoms with E-state index in [4.69, 9.17) is 5.11 Å². The van der Waals surface area contributed by atoms with Gasteiger partial charge in [-0.25, -0.2) is 4.79 Å². The van der Waals surface area contributed by atoms with E-state index in [0.717, 1.165) is 12.8 Å². The summed E-state index contributed by atoms with van der Waals surface area (Å²) in [7, 11) is 0. The minimum absolute atomic E-state index is 0. The fraction of sp³-hybridized carbons (Fsp3) is 0.500. The van der Waals surface area contributed by atoms with Crippen LogP contribution in [0.15, 0.2) is 24.3 Å². The van der Waals surface area contributed by atoms with Crippen molar-refractivity contribution in [3.63, 3.8) is 0 Å². The first-order chi connectivity index (χ1) is 9.66. The second-order valence-corrected chi connectivity index (χ2v) is 4.87. The van der Waals surface area contributed by atoms with Crippen LogP contribution in [0.5, 0.6) is 0 Å². The van der Waals surface area contributed by atoms with Crippen molar-refractivity contribution in [1.82, 2.24) is 5.32 Å². The molecule has 2 N–H and O–H groups in total. The third-order valence-electron chi connectivity index (χ3n) is 3.22. The number of hydrogen-bond acceptors (Lipinski definition) is 2. The van der Waals surface area contributed by atoms with Crippen LogP contribution in [0.2, 0.25) is 0 Å². The Morgan fingerprint density at radius 3 is 2.19 bits per heavy atom. The van der Waals surface area contributed by atoms with Crippen LogP contribution in [-0.4, -0.2) is 53.1 Å². The Bertz CT molecular complexity index is 449. The zero-order valence-electron chi connectivity index (χ0n) is 12.0. The summed E-state index contributed by atoms with van der Waals surface area (Å²) in [5, 5.41) is 11.8. The molecule has 0 aromatic heterocycles. The van der Waals surface area contributed by atoms with E-state index in [1.807, 2.05) is 0 Å². The number of hydrogen-bond donors (Lipinski definition) is 2. The molecule has 0 aliphatic heterocycles. The van der Waals surface area contributed by atoms with Crippen LogP contribution in [0.1, 0.15) is 66.2 Å². The molecule has 0 spiro atoms. The number of carbonyl (C=O) groups excluding carboxylic acids is 1. The molecular formula is C16H24NNaO3. The van der Waals surface area contributed by atoms with Crippen molar-refractivity contribution in [1.29, 1.82) is 0 Å². The van der Waals surface area contributed by atoms with Crippen LogP contribution in [-0.2, 0) is 0 Å². The number of amides is 1. The summed E-state index contributed by atoms with van der Waals surface area (Å²) in [6, 6.07) is 6.28. The Hall–Kier alpha value is -0.840. The minimum atomic E-state index is -1.07. The normalized spacial score (nSPS) is 9.76. The van der Waals surface area contributed by atoms with E-state index in [2.05, 4.69) is 12.2 Å². The first kappa shape index (κ1) is 20.2. The van der Waals surface area contributed by atoms with E-state index in [-0.39, 0.29) is 46.6 Å². The van der Waals surface area contributed by atoms with Crippen molar-refractivity contribution in [2.75, 3.05) is 6.54 Å². The molecule has 0 heterocycles. The third-order valence-corrected chi connectivity index (χ3v) is 3.22. The van der Waals surface area contributed by atoms with Gasteiger partial charge >= 0.3 is 35.5 Å². The molecule has 0 radical (unpaired) electrons. The Morgan fingerprint density at radius 1 is 1.00 bits per heavy atom. The number of carboxylic acids is 1. The molecule has 1 rings (SSSR count). The summed E-state index contributed by atoms with van der Waals surface area (Å²) in [6.45, 7) is 2.78. The molecule has 0 saturated heterocycles. The van der Waals surface area contributed by atoms with E-state index in [1.165, 1.54) is 31.7 Å². The van der Waals surface area contributed by atoms with Gasteiger partial charge in [-0.1, -0.05) is 51.2 Å². The van der Waals surface area contributed by atoms with Gasteiger partial charge in [-0.2, -0.15) is 0 Å². The van der Waals surface area contributed by atoms with Crippen LogP contribution >= 0.6 is 0 Å². The first-order valence-corrected chi connectivity index (χ1v) is 7.27. The molecular weight excluding hydrogens is 277 g/mol. The van der Waals surface area contributed by atoms with E-state index in [1.54, 1.807) is 18.2 Å². The molecule has 5 heteroatoms. The third kappa shape index (κ3) is 7.65. The second-order valence-electron chi connectivity index (χ2n) is 4.87. The Kier molecular flexibility index (Phi) is 11.3. The molecule has 0 aliphatic rings. The maximum atomic E-state index is 11.9. The van der Waals surface area contributed by atoms with Gasteiger partial charge in [0.25, 0.3) is 5.91 Å². The zero-order chi connectivity index (χ0) is 14.8. The molecule has 0 aliphatic carbocycles. The molecule has 0 saturated carbocycles. The molecule has 4 nitrogen and oxygen atoms in total. The van der Waals surface area contributed by atoms with Crippen LogP contribution in [0.4, 0.5) is 0 Å². The van der Waals surface area contributed by atoms with Crippen LogP contribution in [0, 0.1) is 0 Å². The molecule has 1 aromatic carbocycles. The van der Waals surface area contributed by atoms with Crippen LogP contribution in [0.3, 0.4) is 0 Å². The predicted octanol–water partition coefficient (Wildman–Crippen LogP) is 2.83. The molecule has 0 bridgehead atoms. The standard InChI is InChI=1S/C16H23NO3.Na.H/c1-2-3-4-5-6-9-12-17-15(18)13-10-7-8-11-14(13)16(19)20;;/h7-8,10-11H,2-6,9,12H2,1H3,(H,17,18)(H,19,20);;. The number of carboxylic acid groups (broad SMARTS) is 1. The average molecular weight is 301 g/mol.